The molecule has 0 aromatic heterocycles. The van der Waals surface area contributed by atoms with Gasteiger partial charge in [-0.05, 0) is 20.9 Å². The topological polar surface area (TPSA) is 55.7 Å². The lowest BCUT2D eigenvalue weighted by atomic mass is 10.3. The fraction of sp³-hybridized carbons (Fsp3) is 1.00. The van der Waals surface area contributed by atoms with Gasteiger partial charge in [0.15, 0.2) is 0 Å². The van der Waals surface area contributed by atoms with Crippen molar-refractivity contribution >= 4 is 10.8 Å². The highest BCUT2D eigenvalue weighted by Crippen LogP contribution is 2.26. The van der Waals surface area contributed by atoms with Gasteiger partial charge >= 0.3 is 0 Å². The molecule has 0 heterocycles. The van der Waals surface area contributed by atoms with E-state index in [0.29, 0.717) is 12.6 Å². The van der Waals surface area contributed by atoms with E-state index >= 15 is 0 Å². The van der Waals surface area contributed by atoms with Crippen molar-refractivity contribution in [3.05, 3.63) is 0 Å². The predicted molar refractivity (Wildman–Crippen MR) is 54.5 cm³/mol. The van der Waals surface area contributed by atoms with Crippen molar-refractivity contribution in [1.29, 1.82) is 0 Å². The van der Waals surface area contributed by atoms with Crippen molar-refractivity contribution in [2.24, 2.45) is 0 Å². The molecule has 0 unspecified atom stereocenters. The van der Waals surface area contributed by atoms with Crippen LogP contribution in [0.2, 0.25) is 0 Å². The molecule has 0 fully saturated rings. The molecule has 0 spiro atoms. The highest BCUT2D eigenvalue weighted by atomic mass is 32.3. The van der Waals surface area contributed by atoms with Crippen LogP contribution in [0.3, 0.4) is 0 Å². The molecule has 5 heteroatoms. The minimum atomic E-state index is -2.52. The minimum absolute atomic E-state index is 0.491. The van der Waals surface area contributed by atoms with Gasteiger partial charge in [-0.25, -0.2) is 4.72 Å². The van der Waals surface area contributed by atoms with E-state index in [1.165, 1.54) is 6.26 Å². The monoisotopic (exact) mass is 196 g/mol. The molecule has 0 aromatic rings. The van der Waals surface area contributed by atoms with Gasteiger partial charge in [0, 0.05) is 25.4 Å². The summed E-state index contributed by atoms with van der Waals surface area (Å²) in [7, 11) is -0.514. The molecule has 0 saturated heterocycles. The standard InChI is InChI=1S/C7H20N2O2S/c1-7(2)9(3)6-5-8-12(4,10)11/h7-8,10-11H,5-6H2,1-4H3. The molecule has 0 aliphatic heterocycles. The van der Waals surface area contributed by atoms with Crippen LogP contribution in [-0.2, 0) is 0 Å². The van der Waals surface area contributed by atoms with E-state index in [0.717, 1.165) is 6.54 Å². The lowest BCUT2D eigenvalue weighted by Gasteiger charge is -2.29. The Morgan fingerprint density at radius 2 is 1.92 bits per heavy atom. The number of hydrogen-bond acceptors (Lipinski definition) is 4. The molecule has 0 atom stereocenters. The maximum absolute atomic E-state index is 8.98. The average molecular weight is 196 g/mol. The third-order valence-electron chi connectivity index (χ3n) is 1.72. The van der Waals surface area contributed by atoms with Crippen LogP contribution >= 0.6 is 10.8 Å². The van der Waals surface area contributed by atoms with Gasteiger partial charge in [-0.2, -0.15) is 0 Å². The molecule has 0 radical (unpaired) electrons. The smallest absolute Gasteiger partial charge is 0.0416 e. The summed E-state index contributed by atoms with van der Waals surface area (Å²) in [5, 5.41) is 0. The summed E-state index contributed by atoms with van der Waals surface area (Å²) in [6.45, 7) is 5.63. The first-order valence-corrected chi connectivity index (χ1v) is 5.96. The van der Waals surface area contributed by atoms with Gasteiger partial charge in [0.2, 0.25) is 0 Å². The highest BCUT2D eigenvalue weighted by Gasteiger charge is 2.05. The SMILES string of the molecule is CC(C)N(C)CCNS(C)(O)O. The Hall–Kier alpha value is 0.190. The van der Waals surface area contributed by atoms with Crippen molar-refractivity contribution in [2.75, 3.05) is 26.4 Å². The van der Waals surface area contributed by atoms with Crippen molar-refractivity contribution in [2.45, 2.75) is 19.9 Å². The second-order valence-electron chi connectivity index (χ2n) is 3.30. The number of nitrogens with one attached hydrogen (secondary N) is 1. The van der Waals surface area contributed by atoms with Crippen LogP contribution in [0.15, 0.2) is 0 Å². The number of hydrogen-bond donors (Lipinski definition) is 3. The van der Waals surface area contributed by atoms with Gasteiger partial charge in [0.05, 0.1) is 0 Å². The van der Waals surface area contributed by atoms with Crippen LogP contribution in [0.1, 0.15) is 13.8 Å². The van der Waals surface area contributed by atoms with E-state index < -0.39 is 10.8 Å². The summed E-state index contributed by atoms with van der Waals surface area (Å²) in [5.74, 6) is 0. The average Bonchev–Trinajstić information content (AvgIpc) is 1.84. The highest BCUT2D eigenvalue weighted by molar-refractivity contribution is 8.22. The molecule has 3 N–H and O–H groups in total. The van der Waals surface area contributed by atoms with Crippen LogP contribution in [0.25, 0.3) is 0 Å². The summed E-state index contributed by atoms with van der Waals surface area (Å²) < 4.78 is 20.6. The Kier molecular flexibility index (Phi) is 5.12. The zero-order chi connectivity index (χ0) is 9.78. The van der Waals surface area contributed by atoms with Gasteiger partial charge in [-0.15, -0.1) is 10.8 Å². The van der Waals surface area contributed by atoms with Crippen LogP contribution in [0.5, 0.6) is 0 Å². The van der Waals surface area contributed by atoms with E-state index in [-0.39, 0.29) is 0 Å². The fourth-order valence-electron chi connectivity index (χ4n) is 0.674. The Morgan fingerprint density at radius 3 is 2.25 bits per heavy atom. The molecule has 12 heavy (non-hydrogen) atoms. The lowest BCUT2D eigenvalue weighted by Crippen LogP contribution is -2.34. The summed E-state index contributed by atoms with van der Waals surface area (Å²) in [6.07, 6.45) is 1.39. The quantitative estimate of drug-likeness (QED) is 0.618. The molecule has 0 amide bonds. The van der Waals surface area contributed by atoms with Gasteiger partial charge in [0.1, 0.15) is 0 Å². The van der Waals surface area contributed by atoms with E-state index in [4.69, 9.17) is 9.11 Å². The first-order chi connectivity index (χ1) is 5.33. The van der Waals surface area contributed by atoms with E-state index in [1.807, 2.05) is 7.05 Å². The van der Waals surface area contributed by atoms with Crippen molar-refractivity contribution in [1.82, 2.24) is 9.62 Å². The summed E-state index contributed by atoms with van der Waals surface area (Å²) in [5.41, 5.74) is 0. The molecule has 0 saturated carbocycles. The zero-order valence-corrected chi connectivity index (χ0v) is 9.06. The Morgan fingerprint density at radius 1 is 1.42 bits per heavy atom. The second-order valence-corrected chi connectivity index (χ2v) is 5.26. The molecular weight excluding hydrogens is 176 g/mol. The largest absolute Gasteiger partial charge is 0.303 e. The van der Waals surface area contributed by atoms with E-state index in [9.17, 15) is 0 Å². The molecule has 0 aliphatic rings. The van der Waals surface area contributed by atoms with Gasteiger partial charge < -0.3 is 4.90 Å². The fourth-order valence-corrected chi connectivity index (χ4v) is 1.15. The summed E-state index contributed by atoms with van der Waals surface area (Å²) >= 11 is 0. The molecular formula is C7H20N2O2S. The van der Waals surface area contributed by atoms with Crippen LogP contribution in [0.4, 0.5) is 0 Å². The minimum Gasteiger partial charge on any atom is -0.303 e. The molecule has 0 aromatic carbocycles. The Balaban J connectivity index is 3.44. The third-order valence-corrected chi connectivity index (χ3v) is 2.47. The molecule has 0 rings (SSSR count). The molecule has 76 valence electrons. The second kappa shape index (κ2) is 5.04. The van der Waals surface area contributed by atoms with E-state index in [2.05, 4.69) is 23.5 Å². The first kappa shape index (κ1) is 12.2. The van der Waals surface area contributed by atoms with Crippen LogP contribution in [-0.4, -0.2) is 46.4 Å². The van der Waals surface area contributed by atoms with Gasteiger partial charge in [-0.1, -0.05) is 0 Å². The van der Waals surface area contributed by atoms with Crippen molar-refractivity contribution < 1.29 is 9.11 Å². The van der Waals surface area contributed by atoms with Gasteiger partial charge in [-0.3, -0.25) is 9.11 Å². The third kappa shape index (κ3) is 6.87. The van der Waals surface area contributed by atoms with Gasteiger partial charge in [0.25, 0.3) is 0 Å². The van der Waals surface area contributed by atoms with Crippen LogP contribution < -0.4 is 4.72 Å². The van der Waals surface area contributed by atoms with Crippen molar-refractivity contribution in [3.63, 3.8) is 0 Å². The summed E-state index contributed by atoms with van der Waals surface area (Å²) in [6, 6.07) is 0.491. The Labute approximate surface area is 76.4 Å². The maximum atomic E-state index is 8.98. The summed E-state index contributed by atoms with van der Waals surface area (Å²) in [4.78, 5) is 2.14. The Bertz CT molecular complexity index is 125. The number of rotatable bonds is 5. The van der Waals surface area contributed by atoms with Crippen molar-refractivity contribution in [3.8, 4) is 0 Å². The molecule has 0 aliphatic carbocycles. The normalized spacial score (nSPS) is 14.3. The lowest BCUT2D eigenvalue weighted by molar-refractivity contribution is 0.277. The number of nitrogens with zero attached hydrogens (tertiary/aromatic N) is 1. The zero-order valence-electron chi connectivity index (χ0n) is 8.24. The van der Waals surface area contributed by atoms with E-state index in [1.54, 1.807) is 0 Å². The van der Waals surface area contributed by atoms with Crippen LogP contribution in [0, 0.1) is 0 Å². The number of likely N-dealkylation sites (N-methyl/N-ethyl adjacent to an activating group) is 1. The maximum Gasteiger partial charge on any atom is 0.0416 e. The molecule has 0 bridgehead atoms. The molecule has 4 nitrogen and oxygen atoms in total. The predicted octanol–water partition coefficient (Wildman–Crippen LogP) is 1.21. The first-order valence-electron chi connectivity index (χ1n) is 4.01.